The standard InChI is InChI=1S/C12H13ClN2O2/c13-9-6-15-11-3-1-7(5-8(9)11)10(14)2-4-12(16)17/h1,3,5-6,10,15H,2,4,14H2,(H,16,17). The van der Waals surface area contributed by atoms with E-state index in [0.717, 1.165) is 16.5 Å². The average Bonchev–Trinajstić information content (AvgIpc) is 2.67. The lowest BCUT2D eigenvalue weighted by Crippen LogP contribution is -2.12. The molecule has 2 aromatic rings. The van der Waals surface area contributed by atoms with Gasteiger partial charge in [-0.25, -0.2) is 0 Å². The van der Waals surface area contributed by atoms with Crippen molar-refractivity contribution in [3.05, 3.63) is 35.0 Å². The maximum Gasteiger partial charge on any atom is 0.303 e. The second kappa shape index (κ2) is 4.77. The molecule has 2 rings (SSSR count). The van der Waals surface area contributed by atoms with Crippen LogP contribution in [0, 0.1) is 0 Å². The van der Waals surface area contributed by atoms with Gasteiger partial charge < -0.3 is 15.8 Å². The average molecular weight is 253 g/mol. The number of H-pyrrole nitrogens is 1. The first-order valence-corrected chi connectivity index (χ1v) is 5.69. The lowest BCUT2D eigenvalue weighted by Gasteiger charge is -2.10. The Kier molecular flexibility index (Phi) is 3.36. The van der Waals surface area contributed by atoms with E-state index in [2.05, 4.69) is 4.98 Å². The summed E-state index contributed by atoms with van der Waals surface area (Å²) in [5.74, 6) is -0.832. The van der Waals surface area contributed by atoms with Crippen molar-refractivity contribution in [2.75, 3.05) is 0 Å². The molecule has 0 fully saturated rings. The summed E-state index contributed by atoms with van der Waals surface area (Å²) in [6.45, 7) is 0. The van der Waals surface area contributed by atoms with E-state index in [9.17, 15) is 4.79 Å². The molecule has 0 aliphatic rings. The fraction of sp³-hybridized carbons (Fsp3) is 0.250. The van der Waals surface area contributed by atoms with Crippen LogP contribution in [0.2, 0.25) is 5.02 Å². The Morgan fingerprint density at radius 2 is 2.29 bits per heavy atom. The predicted octanol–water partition coefficient (Wildman–Crippen LogP) is 2.69. The first-order valence-electron chi connectivity index (χ1n) is 5.32. The number of carboxylic acid groups (broad SMARTS) is 1. The number of aromatic amines is 1. The van der Waals surface area contributed by atoms with Gasteiger partial charge in [0, 0.05) is 29.6 Å². The molecule has 0 spiro atoms. The van der Waals surface area contributed by atoms with Gasteiger partial charge >= 0.3 is 5.97 Å². The van der Waals surface area contributed by atoms with E-state index in [1.165, 1.54) is 0 Å². The van der Waals surface area contributed by atoms with Crippen LogP contribution in [0.5, 0.6) is 0 Å². The number of fused-ring (bicyclic) bond motifs is 1. The molecule has 0 bridgehead atoms. The van der Waals surface area contributed by atoms with Gasteiger partial charge in [-0.2, -0.15) is 0 Å². The highest BCUT2D eigenvalue weighted by atomic mass is 35.5. The molecule has 5 heteroatoms. The highest BCUT2D eigenvalue weighted by Crippen LogP contribution is 2.26. The van der Waals surface area contributed by atoms with Crippen LogP contribution >= 0.6 is 11.6 Å². The Morgan fingerprint density at radius 1 is 1.53 bits per heavy atom. The van der Waals surface area contributed by atoms with Crippen molar-refractivity contribution in [1.82, 2.24) is 4.98 Å². The maximum absolute atomic E-state index is 10.5. The summed E-state index contributed by atoms with van der Waals surface area (Å²) in [6, 6.07) is 5.42. The zero-order valence-corrected chi connectivity index (χ0v) is 9.87. The van der Waals surface area contributed by atoms with Gasteiger partial charge in [0.1, 0.15) is 0 Å². The predicted molar refractivity (Wildman–Crippen MR) is 67.1 cm³/mol. The van der Waals surface area contributed by atoms with Crippen LogP contribution < -0.4 is 5.73 Å². The molecule has 1 atom stereocenters. The third-order valence-corrected chi connectivity index (χ3v) is 3.07. The Morgan fingerprint density at radius 3 is 3.00 bits per heavy atom. The fourth-order valence-corrected chi connectivity index (χ4v) is 1.99. The molecule has 1 heterocycles. The number of rotatable bonds is 4. The number of carboxylic acids is 1. The van der Waals surface area contributed by atoms with Gasteiger partial charge in [-0.1, -0.05) is 17.7 Å². The number of hydrogen-bond donors (Lipinski definition) is 3. The first-order chi connectivity index (χ1) is 8.08. The Labute approximate surface area is 103 Å². The molecule has 1 unspecified atom stereocenters. The van der Waals surface area contributed by atoms with Crippen LogP contribution in [0.15, 0.2) is 24.4 Å². The Hall–Kier alpha value is -1.52. The third-order valence-electron chi connectivity index (χ3n) is 2.75. The zero-order chi connectivity index (χ0) is 12.4. The molecule has 1 aromatic carbocycles. The zero-order valence-electron chi connectivity index (χ0n) is 9.11. The van der Waals surface area contributed by atoms with E-state index in [4.69, 9.17) is 22.4 Å². The molecule has 0 radical (unpaired) electrons. The van der Waals surface area contributed by atoms with Gasteiger partial charge in [-0.3, -0.25) is 4.79 Å². The van der Waals surface area contributed by atoms with Crippen molar-refractivity contribution in [2.24, 2.45) is 5.73 Å². The Balaban J connectivity index is 2.23. The van der Waals surface area contributed by atoms with E-state index in [1.807, 2.05) is 18.2 Å². The van der Waals surface area contributed by atoms with Crippen LogP contribution in [0.4, 0.5) is 0 Å². The normalized spacial score (nSPS) is 12.8. The molecule has 4 N–H and O–H groups in total. The molecule has 0 amide bonds. The summed E-state index contributed by atoms with van der Waals surface area (Å²) in [4.78, 5) is 13.5. The number of aliphatic carboxylic acids is 1. The second-order valence-corrected chi connectivity index (χ2v) is 4.39. The van der Waals surface area contributed by atoms with Crippen molar-refractivity contribution in [1.29, 1.82) is 0 Å². The summed E-state index contributed by atoms with van der Waals surface area (Å²) in [5, 5.41) is 10.2. The summed E-state index contributed by atoms with van der Waals surface area (Å²) < 4.78 is 0. The molecule has 0 aliphatic heterocycles. The minimum absolute atomic E-state index is 0.0695. The minimum Gasteiger partial charge on any atom is -0.481 e. The fourth-order valence-electron chi connectivity index (χ4n) is 1.78. The number of aromatic nitrogens is 1. The lowest BCUT2D eigenvalue weighted by atomic mass is 10.0. The van der Waals surface area contributed by atoms with E-state index in [1.54, 1.807) is 6.20 Å². The van der Waals surface area contributed by atoms with Crippen molar-refractivity contribution in [3.63, 3.8) is 0 Å². The topological polar surface area (TPSA) is 79.1 Å². The van der Waals surface area contributed by atoms with Crippen molar-refractivity contribution in [3.8, 4) is 0 Å². The lowest BCUT2D eigenvalue weighted by molar-refractivity contribution is -0.137. The number of carbonyl (C=O) groups is 1. The number of nitrogens with one attached hydrogen (secondary N) is 1. The molecular weight excluding hydrogens is 240 g/mol. The second-order valence-electron chi connectivity index (χ2n) is 3.98. The van der Waals surface area contributed by atoms with E-state index in [-0.39, 0.29) is 12.5 Å². The van der Waals surface area contributed by atoms with Gasteiger partial charge in [0.2, 0.25) is 0 Å². The quantitative estimate of drug-likeness (QED) is 0.783. The van der Waals surface area contributed by atoms with Crippen LogP contribution in [-0.2, 0) is 4.79 Å². The van der Waals surface area contributed by atoms with Gasteiger partial charge in [0.05, 0.1) is 5.02 Å². The van der Waals surface area contributed by atoms with E-state index >= 15 is 0 Å². The SMILES string of the molecule is NC(CCC(=O)O)c1ccc2[nH]cc(Cl)c2c1. The molecule has 0 saturated heterocycles. The van der Waals surface area contributed by atoms with Crippen molar-refractivity contribution >= 4 is 28.5 Å². The molecule has 17 heavy (non-hydrogen) atoms. The number of hydrogen-bond acceptors (Lipinski definition) is 2. The highest BCUT2D eigenvalue weighted by molar-refractivity contribution is 6.35. The van der Waals surface area contributed by atoms with Crippen LogP contribution in [0.25, 0.3) is 10.9 Å². The third kappa shape index (κ3) is 2.60. The minimum atomic E-state index is -0.832. The summed E-state index contributed by atoms with van der Waals surface area (Å²) >= 11 is 6.01. The molecule has 0 aliphatic carbocycles. The van der Waals surface area contributed by atoms with Gasteiger partial charge in [0.25, 0.3) is 0 Å². The monoisotopic (exact) mass is 252 g/mol. The molecule has 4 nitrogen and oxygen atoms in total. The molecule has 1 aromatic heterocycles. The number of benzene rings is 1. The maximum atomic E-state index is 10.5. The molecular formula is C12H13ClN2O2. The smallest absolute Gasteiger partial charge is 0.303 e. The van der Waals surface area contributed by atoms with Crippen LogP contribution in [-0.4, -0.2) is 16.1 Å². The van der Waals surface area contributed by atoms with E-state index in [0.29, 0.717) is 11.4 Å². The summed E-state index contributed by atoms with van der Waals surface area (Å²) in [6.07, 6.45) is 2.21. The number of halogens is 1. The molecule has 0 saturated carbocycles. The van der Waals surface area contributed by atoms with Gasteiger partial charge in [-0.15, -0.1) is 0 Å². The Bertz CT molecular complexity index is 550. The van der Waals surface area contributed by atoms with Crippen LogP contribution in [0.1, 0.15) is 24.4 Å². The highest BCUT2D eigenvalue weighted by Gasteiger charge is 2.10. The first kappa shape index (κ1) is 12.0. The van der Waals surface area contributed by atoms with E-state index < -0.39 is 5.97 Å². The number of nitrogens with two attached hydrogens (primary N) is 1. The summed E-state index contributed by atoms with van der Waals surface area (Å²) in [7, 11) is 0. The summed E-state index contributed by atoms with van der Waals surface area (Å²) in [5.41, 5.74) is 7.79. The van der Waals surface area contributed by atoms with Crippen molar-refractivity contribution < 1.29 is 9.90 Å². The largest absolute Gasteiger partial charge is 0.481 e. The van der Waals surface area contributed by atoms with Crippen LogP contribution in [0.3, 0.4) is 0 Å². The molecule has 90 valence electrons. The van der Waals surface area contributed by atoms with Crippen molar-refractivity contribution in [2.45, 2.75) is 18.9 Å². The van der Waals surface area contributed by atoms with Gasteiger partial charge in [-0.05, 0) is 24.1 Å². The van der Waals surface area contributed by atoms with Gasteiger partial charge in [0.15, 0.2) is 0 Å².